The summed E-state index contributed by atoms with van der Waals surface area (Å²) in [5, 5.41) is 0. The summed E-state index contributed by atoms with van der Waals surface area (Å²) < 4.78 is 0. The Hall–Kier alpha value is -1.94. The fourth-order valence-electron chi connectivity index (χ4n) is 3.69. The summed E-state index contributed by atoms with van der Waals surface area (Å²) in [5.74, 6) is 0.0334. The van der Waals surface area contributed by atoms with E-state index in [1.54, 1.807) is 20.8 Å². The van der Waals surface area contributed by atoms with Gasteiger partial charge in [0.1, 0.15) is 0 Å². The van der Waals surface area contributed by atoms with Crippen molar-refractivity contribution in [2.75, 3.05) is 13.1 Å². The van der Waals surface area contributed by atoms with E-state index in [9.17, 15) is 9.59 Å². The molecule has 0 aromatic carbocycles. The second-order valence-corrected chi connectivity index (χ2v) is 6.59. The number of carbonyl (C=O) groups excluding carboxylic acids is 2. The molecule has 1 aliphatic heterocycles. The third-order valence-corrected chi connectivity index (χ3v) is 5.20. The summed E-state index contributed by atoms with van der Waals surface area (Å²) in [6.45, 7) is 7.26. The minimum Gasteiger partial charge on any atom is -0.367 e. The van der Waals surface area contributed by atoms with Crippen LogP contribution in [0.5, 0.6) is 0 Å². The van der Waals surface area contributed by atoms with E-state index >= 15 is 0 Å². The molecule has 0 bridgehead atoms. The van der Waals surface area contributed by atoms with Crippen LogP contribution >= 0.6 is 0 Å². The van der Waals surface area contributed by atoms with E-state index in [1.165, 1.54) is 6.42 Å². The van der Waals surface area contributed by atoms with Crippen molar-refractivity contribution in [1.82, 2.24) is 9.88 Å². The average molecular weight is 312 g/mol. The number of nitrogens with zero attached hydrogens (tertiary/aromatic N) is 1. The Bertz CT molecular complexity index is 689. The van der Waals surface area contributed by atoms with Crippen LogP contribution in [0.4, 0.5) is 0 Å². The highest BCUT2D eigenvalue weighted by molar-refractivity contribution is 6.25. The molecular formula is C19H24N2O2. The lowest BCUT2D eigenvalue weighted by molar-refractivity contribution is -0.117. The van der Waals surface area contributed by atoms with E-state index in [2.05, 4.69) is 9.88 Å². The zero-order valence-electron chi connectivity index (χ0n) is 14.1. The molecule has 0 spiro atoms. The molecule has 1 unspecified atom stereocenters. The summed E-state index contributed by atoms with van der Waals surface area (Å²) in [7, 11) is 0. The van der Waals surface area contributed by atoms with Gasteiger partial charge in [0, 0.05) is 34.7 Å². The van der Waals surface area contributed by atoms with Crippen molar-refractivity contribution >= 4 is 11.6 Å². The largest absolute Gasteiger partial charge is 0.367 e. The minimum atomic E-state index is -0.124. The number of likely N-dealkylation sites (tertiary alicyclic amines) is 1. The lowest BCUT2D eigenvalue weighted by atomic mass is 9.80. The molecule has 1 aromatic heterocycles. The Labute approximate surface area is 137 Å². The molecule has 122 valence electrons. The van der Waals surface area contributed by atoms with E-state index in [-0.39, 0.29) is 17.6 Å². The van der Waals surface area contributed by atoms with Crippen LogP contribution in [0.15, 0.2) is 40.8 Å². The van der Waals surface area contributed by atoms with Gasteiger partial charge >= 0.3 is 0 Å². The Balaban J connectivity index is 2.09. The average Bonchev–Trinajstić information content (AvgIpc) is 3.10. The quantitative estimate of drug-likeness (QED) is 0.871. The van der Waals surface area contributed by atoms with Crippen LogP contribution in [-0.4, -0.2) is 34.5 Å². The van der Waals surface area contributed by atoms with Gasteiger partial charge in [-0.3, -0.25) is 14.5 Å². The van der Waals surface area contributed by atoms with E-state index in [0.717, 1.165) is 31.5 Å². The molecule has 1 N–H and O–H groups in total. The topological polar surface area (TPSA) is 53.2 Å². The van der Waals surface area contributed by atoms with Crippen LogP contribution in [0.3, 0.4) is 0 Å². The summed E-state index contributed by atoms with van der Waals surface area (Å²) in [5.41, 5.74) is 3.51. The van der Waals surface area contributed by atoms with Crippen molar-refractivity contribution in [2.24, 2.45) is 0 Å². The molecule has 1 atom stereocenters. The lowest BCUT2D eigenvalue weighted by Crippen LogP contribution is -2.38. The molecule has 4 nitrogen and oxygen atoms in total. The Morgan fingerprint density at radius 1 is 0.957 bits per heavy atom. The van der Waals surface area contributed by atoms with E-state index in [1.807, 2.05) is 18.5 Å². The molecule has 23 heavy (non-hydrogen) atoms. The summed E-state index contributed by atoms with van der Waals surface area (Å²) in [4.78, 5) is 31.0. The Morgan fingerprint density at radius 3 is 2.22 bits per heavy atom. The first-order chi connectivity index (χ1) is 11.0. The Kier molecular flexibility index (Phi) is 4.35. The second-order valence-electron chi connectivity index (χ2n) is 6.59. The number of allylic oxidation sites excluding steroid dienone is 3. The molecular weight excluding hydrogens is 288 g/mol. The second kappa shape index (κ2) is 6.28. The van der Waals surface area contributed by atoms with Crippen LogP contribution in [-0.2, 0) is 9.59 Å². The first kappa shape index (κ1) is 15.9. The van der Waals surface area contributed by atoms with Crippen LogP contribution in [0.25, 0.3) is 0 Å². The minimum absolute atomic E-state index is 0.00893. The molecule has 2 heterocycles. The SMILES string of the molecule is CC1=C(C)C(=O)C(C(c2cc[nH]c2)N2CCCCC2)=C(C)C1=O. The molecule has 1 aliphatic carbocycles. The highest BCUT2D eigenvalue weighted by Gasteiger charge is 2.36. The molecule has 0 radical (unpaired) electrons. The van der Waals surface area contributed by atoms with Crippen LogP contribution in [0.1, 0.15) is 51.6 Å². The number of piperidine rings is 1. The number of Topliss-reactive ketones (excluding diaryl/α,β-unsaturated/α-hetero) is 2. The van der Waals surface area contributed by atoms with Gasteiger partial charge < -0.3 is 4.98 Å². The highest BCUT2D eigenvalue weighted by atomic mass is 16.1. The number of aromatic nitrogens is 1. The van der Waals surface area contributed by atoms with Gasteiger partial charge in [0.15, 0.2) is 11.6 Å². The molecule has 0 amide bonds. The first-order valence-corrected chi connectivity index (χ1v) is 8.36. The van der Waals surface area contributed by atoms with Crippen molar-refractivity contribution in [1.29, 1.82) is 0 Å². The fourth-order valence-corrected chi connectivity index (χ4v) is 3.69. The third-order valence-electron chi connectivity index (χ3n) is 5.20. The maximum atomic E-state index is 13.0. The van der Waals surface area contributed by atoms with Crippen LogP contribution in [0.2, 0.25) is 0 Å². The zero-order valence-corrected chi connectivity index (χ0v) is 14.1. The maximum Gasteiger partial charge on any atom is 0.187 e. The molecule has 1 fully saturated rings. The standard InChI is InChI=1S/C19H24N2O2/c1-12-13(2)19(23)16(14(3)18(12)22)17(15-7-8-20-11-15)21-9-5-4-6-10-21/h7-8,11,17,20H,4-6,9-10H2,1-3H3. The van der Waals surface area contributed by atoms with Gasteiger partial charge in [-0.1, -0.05) is 6.42 Å². The number of H-pyrrole nitrogens is 1. The normalized spacial score (nSPS) is 22.0. The number of rotatable bonds is 3. The molecule has 3 rings (SSSR count). The molecule has 1 aromatic rings. The van der Waals surface area contributed by atoms with Crippen molar-refractivity contribution < 1.29 is 9.59 Å². The summed E-state index contributed by atoms with van der Waals surface area (Å²) in [6.07, 6.45) is 7.34. The zero-order chi connectivity index (χ0) is 16.6. The molecule has 1 saturated heterocycles. The van der Waals surface area contributed by atoms with Gasteiger partial charge in [-0.2, -0.15) is 0 Å². The maximum absolute atomic E-state index is 13.0. The van der Waals surface area contributed by atoms with Crippen molar-refractivity contribution in [3.05, 3.63) is 46.3 Å². The van der Waals surface area contributed by atoms with Gasteiger partial charge in [-0.15, -0.1) is 0 Å². The van der Waals surface area contributed by atoms with Gasteiger partial charge in [-0.25, -0.2) is 0 Å². The number of aromatic amines is 1. The first-order valence-electron chi connectivity index (χ1n) is 8.36. The number of carbonyl (C=O) groups is 2. The third kappa shape index (κ3) is 2.72. The fraction of sp³-hybridized carbons (Fsp3) is 0.474. The van der Waals surface area contributed by atoms with Crippen molar-refractivity contribution in [3.63, 3.8) is 0 Å². The van der Waals surface area contributed by atoms with Crippen LogP contribution in [0, 0.1) is 0 Å². The van der Waals surface area contributed by atoms with Gasteiger partial charge in [0.25, 0.3) is 0 Å². The predicted molar refractivity (Wildman–Crippen MR) is 90.0 cm³/mol. The van der Waals surface area contributed by atoms with E-state index < -0.39 is 0 Å². The van der Waals surface area contributed by atoms with Gasteiger partial charge in [-0.05, 0) is 58.3 Å². The number of ketones is 2. The number of hydrogen-bond donors (Lipinski definition) is 1. The molecule has 4 heteroatoms. The van der Waals surface area contributed by atoms with E-state index in [4.69, 9.17) is 0 Å². The van der Waals surface area contributed by atoms with Crippen molar-refractivity contribution in [2.45, 2.75) is 46.1 Å². The molecule has 0 saturated carbocycles. The summed E-state index contributed by atoms with van der Waals surface area (Å²) in [6, 6.07) is 1.89. The highest BCUT2D eigenvalue weighted by Crippen LogP contribution is 2.37. The number of nitrogens with one attached hydrogen (secondary N) is 1. The van der Waals surface area contributed by atoms with Crippen LogP contribution < -0.4 is 0 Å². The predicted octanol–water partition coefficient (Wildman–Crippen LogP) is 3.35. The lowest BCUT2D eigenvalue weighted by Gasteiger charge is -2.37. The van der Waals surface area contributed by atoms with Crippen molar-refractivity contribution in [3.8, 4) is 0 Å². The van der Waals surface area contributed by atoms with Gasteiger partial charge in [0.2, 0.25) is 0 Å². The smallest absolute Gasteiger partial charge is 0.187 e. The monoisotopic (exact) mass is 312 g/mol. The van der Waals surface area contributed by atoms with E-state index in [0.29, 0.717) is 22.3 Å². The number of hydrogen-bond acceptors (Lipinski definition) is 3. The molecule has 2 aliphatic rings. The summed E-state index contributed by atoms with van der Waals surface area (Å²) >= 11 is 0. The Morgan fingerprint density at radius 2 is 1.61 bits per heavy atom. The van der Waals surface area contributed by atoms with Gasteiger partial charge in [0.05, 0.1) is 6.04 Å².